The SMILES string of the molecule is O=C(CCc1ccc2c(c1)CCC2)Nc1cnc2ccccc2c1. The molecule has 1 aliphatic rings. The summed E-state index contributed by atoms with van der Waals surface area (Å²) in [4.78, 5) is 16.6. The number of fused-ring (bicyclic) bond motifs is 2. The van der Waals surface area contributed by atoms with Gasteiger partial charge in [-0.1, -0.05) is 36.4 Å². The lowest BCUT2D eigenvalue weighted by molar-refractivity contribution is -0.116. The summed E-state index contributed by atoms with van der Waals surface area (Å²) in [5.41, 5.74) is 5.89. The van der Waals surface area contributed by atoms with E-state index in [1.807, 2.05) is 30.3 Å². The lowest BCUT2D eigenvalue weighted by Crippen LogP contribution is -2.12. The topological polar surface area (TPSA) is 42.0 Å². The third-order valence-corrected chi connectivity index (χ3v) is 4.68. The number of carbonyl (C=O) groups is 1. The monoisotopic (exact) mass is 316 g/mol. The molecule has 0 spiro atoms. The Morgan fingerprint density at radius 1 is 1.04 bits per heavy atom. The molecule has 0 atom stereocenters. The van der Waals surface area contributed by atoms with E-state index in [1.165, 1.54) is 36.0 Å². The summed E-state index contributed by atoms with van der Waals surface area (Å²) >= 11 is 0. The Balaban J connectivity index is 1.39. The summed E-state index contributed by atoms with van der Waals surface area (Å²) < 4.78 is 0. The molecule has 1 heterocycles. The molecule has 0 fully saturated rings. The van der Waals surface area contributed by atoms with E-state index >= 15 is 0 Å². The van der Waals surface area contributed by atoms with Crippen LogP contribution in [0.15, 0.2) is 54.7 Å². The van der Waals surface area contributed by atoms with Crippen molar-refractivity contribution in [2.24, 2.45) is 0 Å². The van der Waals surface area contributed by atoms with Crippen molar-refractivity contribution in [3.63, 3.8) is 0 Å². The van der Waals surface area contributed by atoms with Gasteiger partial charge in [-0.2, -0.15) is 0 Å². The fraction of sp³-hybridized carbons (Fsp3) is 0.238. The number of carbonyl (C=O) groups excluding carboxylic acids is 1. The van der Waals surface area contributed by atoms with Crippen LogP contribution in [0, 0.1) is 0 Å². The lowest BCUT2D eigenvalue weighted by Gasteiger charge is -2.07. The van der Waals surface area contributed by atoms with E-state index < -0.39 is 0 Å². The zero-order valence-corrected chi connectivity index (χ0v) is 13.6. The van der Waals surface area contributed by atoms with Crippen LogP contribution in [0.2, 0.25) is 0 Å². The van der Waals surface area contributed by atoms with Gasteiger partial charge in [0, 0.05) is 11.8 Å². The minimum Gasteiger partial charge on any atom is -0.325 e. The number of aryl methyl sites for hydroxylation is 3. The Labute approximate surface area is 141 Å². The molecule has 0 saturated heterocycles. The van der Waals surface area contributed by atoms with Gasteiger partial charge in [0.05, 0.1) is 17.4 Å². The third-order valence-electron chi connectivity index (χ3n) is 4.68. The van der Waals surface area contributed by atoms with Gasteiger partial charge in [-0.05, 0) is 54.5 Å². The van der Waals surface area contributed by atoms with Gasteiger partial charge in [-0.3, -0.25) is 9.78 Å². The quantitative estimate of drug-likeness (QED) is 0.780. The van der Waals surface area contributed by atoms with Crippen molar-refractivity contribution in [3.8, 4) is 0 Å². The van der Waals surface area contributed by atoms with Crippen molar-refractivity contribution in [1.29, 1.82) is 0 Å². The summed E-state index contributed by atoms with van der Waals surface area (Å²) in [6, 6.07) is 16.5. The van der Waals surface area contributed by atoms with E-state index in [9.17, 15) is 4.79 Å². The molecule has 1 amide bonds. The van der Waals surface area contributed by atoms with E-state index in [2.05, 4.69) is 28.5 Å². The van der Waals surface area contributed by atoms with Crippen LogP contribution in [-0.2, 0) is 24.1 Å². The highest BCUT2D eigenvalue weighted by Crippen LogP contribution is 2.23. The van der Waals surface area contributed by atoms with Crippen LogP contribution >= 0.6 is 0 Å². The average Bonchev–Trinajstić information content (AvgIpc) is 3.07. The number of benzene rings is 2. The molecule has 1 aromatic heterocycles. The number of nitrogens with zero attached hydrogens (tertiary/aromatic N) is 1. The van der Waals surface area contributed by atoms with Crippen molar-refractivity contribution in [3.05, 3.63) is 71.4 Å². The van der Waals surface area contributed by atoms with Gasteiger partial charge < -0.3 is 5.32 Å². The second kappa shape index (κ2) is 6.44. The smallest absolute Gasteiger partial charge is 0.224 e. The summed E-state index contributed by atoms with van der Waals surface area (Å²) in [6.45, 7) is 0. The number of nitrogens with one attached hydrogen (secondary N) is 1. The summed E-state index contributed by atoms with van der Waals surface area (Å²) in [5.74, 6) is 0.0348. The largest absolute Gasteiger partial charge is 0.325 e. The minimum atomic E-state index is 0.0348. The van der Waals surface area contributed by atoms with Gasteiger partial charge in [0.2, 0.25) is 5.91 Å². The first-order chi connectivity index (χ1) is 11.8. The molecule has 1 N–H and O–H groups in total. The molecule has 0 saturated carbocycles. The first-order valence-electron chi connectivity index (χ1n) is 8.53. The molecule has 0 bridgehead atoms. The van der Waals surface area contributed by atoms with Crippen LogP contribution < -0.4 is 5.32 Å². The molecule has 0 unspecified atom stereocenters. The molecule has 0 aliphatic heterocycles. The summed E-state index contributed by atoms with van der Waals surface area (Å²) in [7, 11) is 0. The number of para-hydroxylation sites is 1. The molecule has 3 nitrogen and oxygen atoms in total. The second-order valence-electron chi connectivity index (χ2n) is 6.42. The molecule has 1 aliphatic carbocycles. The van der Waals surface area contributed by atoms with Crippen LogP contribution in [0.4, 0.5) is 5.69 Å². The first-order valence-corrected chi connectivity index (χ1v) is 8.53. The zero-order chi connectivity index (χ0) is 16.4. The van der Waals surface area contributed by atoms with E-state index in [0.717, 1.165) is 23.0 Å². The van der Waals surface area contributed by atoms with Crippen molar-refractivity contribution in [2.45, 2.75) is 32.1 Å². The van der Waals surface area contributed by atoms with E-state index in [4.69, 9.17) is 0 Å². The Hall–Kier alpha value is -2.68. The normalized spacial score (nSPS) is 13.0. The Morgan fingerprint density at radius 3 is 2.88 bits per heavy atom. The fourth-order valence-electron chi connectivity index (χ4n) is 3.40. The highest BCUT2D eigenvalue weighted by molar-refractivity contribution is 5.93. The van der Waals surface area contributed by atoms with Gasteiger partial charge in [-0.15, -0.1) is 0 Å². The maximum atomic E-state index is 12.2. The number of aromatic nitrogens is 1. The van der Waals surface area contributed by atoms with E-state index in [-0.39, 0.29) is 5.91 Å². The van der Waals surface area contributed by atoms with Crippen LogP contribution in [-0.4, -0.2) is 10.9 Å². The van der Waals surface area contributed by atoms with Crippen LogP contribution in [0.1, 0.15) is 29.5 Å². The Bertz CT molecular complexity index is 901. The van der Waals surface area contributed by atoms with Gasteiger partial charge in [0.1, 0.15) is 0 Å². The van der Waals surface area contributed by atoms with Gasteiger partial charge in [0.15, 0.2) is 0 Å². The van der Waals surface area contributed by atoms with E-state index in [0.29, 0.717) is 6.42 Å². The fourth-order valence-corrected chi connectivity index (χ4v) is 3.40. The van der Waals surface area contributed by atoms with Gasteiger partial charge in [0.25, 0.3) is 0 Å². The lowest BCUT2D eigenvalue weighted by atomic mass is 10.0. The molecule has 0 radical (unpaired) electrons. The second-order valence-corrected chi connectivity index (χ2v) is 6.42. The maximum absolute atomic E-state index is 12.2. The number of pyridine rings is 1. The molecule has 4 rings (SSSR count). The third kappa shape index (κ3) is 3.16. The average molecular weight is 316 g/mol. The summed E-state index contributed by atoms with van der Waals surface area (Å²) in [6.07, 6.45) is 6.62. The number of hydrogen-bond donors (Lipinski definition) is 1. The predicted molar refractivity (Wildman–Crippen MR) is 97.2 cm³/mol. The van der Waals surface area contributed by atoms with Crippen molar-refractivity contribution < 1.29 is 4.79 Å². The molecule has 3 heteroatoms. The van der Waals surface area contributed by atoms with E-state index in [1.54, 1.807) is 6.20 Å². The van der Waals surface area contributed by atoms with Crippen LogP contribution in [0.5, 0.6) is 0 Å². The number of anilines is 1. The van der Waals surface area contributed by atoms with Crippen molar-refractivity contribution in [1.82, 2.24) is 4.98 Å². The first kappa shape index (κ1) is 14.9. The molecular weight excluding hydrogens is 296 g/mol. The Morgan fingerprint density at radius 2 is 1.92 bits per heavy atom. The maximum Gasteiger partial charge on any atom is 0.224 e. The highest BCUT2D eigenvalue weighted by atomic mass is 16.1. The Kier molecular flexibility index (Phi) is 3.99. The highest BCUT2D eigenvalue weighted by Gasteiger charge is 2.11. The molecule has 2 aromatic carbocycles. The van der Waals surface area contributed by atoms with Gasteiger partial charge in [-0.25, -0.2) is 0 Å². The van der Waals surface area contributed by atoms with Gasteiger partial charge >= 0.3 is 0 Å². The van der Waals surface area contributed by atoms with Crippen molar-refractivity contribution in [2.75, 3.05) is 5.32 Å². The molecule has 24 heavy (non-hydrogen) atoms. The summed E-state index contributed by atoms with van der Waals surface area (Å²) in [5, 5.41) is 3.99. The van der Waals surface area contributed by atoms with Crippen LogP contribution in [0.25, 0.3) is 10.9 Å². The van der Waals surface area contributed by atoms with Crippen molar-refractivity contribution >= 4 is 22.5 Å². The van der Waals surface area contributed by atoms with Crippen LogP contribution in [0.3, 0.4) is 0 Å². The zero-order valence-electron chi connectivity index (χ0n) is 13.6. The molecular formula is C21H20N2O. The number of amides is 1. The minimum absolute atomic E-state index is 0.0348. The number of rotatable bonds is 4. The number of hydrogen-bond acceptors (Lipinski definition) is 2. The molecule has 3 aromatic rings. The predicted octanol–water partition coefficient (Wildman–Crippen LogP) is 4.29. The molecule has 120 valence electrons. The standard InChI is InChI=1S/C21H20N2O/c24-21(11-9-15-8-10-16-5-3-6-17(16)12-15)23-19-13-18-4-1-2-7-20(18)22-14-19/h1-2,4,7-8,10,12-14H,3,5-6,9,11H2,(H,23,24).